The molecule has 17 heavy (non-hydrogen) atoms. The number of nitrogens with zero attached hydrogens (tertiary/aromatic N) is 2. The Hall–Kier alpha value is -1.33. The van der Waals surface area contributed by atoms with Crippen molar-refractivity contribution in [1.29, 1.82) is 5.26 Å². The Kier molecular flexibility index (Phi) is 7.09. The van der Waals surface area contributed by atoms with E-state index in [1.807, 2.05) is 0 Å². The molecule has 0 saturated heterocycles. The van der Waals surface area contributed by atoms with E-state index < -0.39 is 0 Å². The molecule has 2 heteroatoms. The van der Waals surface area contributed by atoms with Crippen LogP contribution in [-0.4, -0.2) is 18.0 Å². The third-order valence-corrected chi connectivity index (χ3v) is 2.84. The molecule has 0 amide bonds. The Balaban J connectivity index is 2.42. The lowest BCUT2D eigenvalue weighted by atomic mass is 10.2. The van der Waals surface area contributed by atoms with E-state index >= 15 is 0 Å². The van der Waals surface area contributed by atoms with Crippen LogP contribution in [0, 0.1) is 11.3 Å². The van der Waals surface area contributed by atoms with Gasteiger partial charge in [0.25, 0.3) is 0 Å². The van der Waals surface area contributed by atoms with Crippen LogP contribution < -0.4 is 0 Å². The zero-order valence-corrected chi connectivity index (χ0v) is 10.7. The van der Waals surface area contributed by atoms with E-state index in [0.717, 1.165) is 26.1 Å². The predicted octanol–water partition coefficient (Wildman–Crippen LogP) is 3.59. The van der Waals surface area contributed by atoms with Gasteiger partial charge in [0.1, 0.15) is 0 Å². The molecule has 0 atom stereocenters. The lowest BCUT2D eigenvalue weighted by Gasteiger charge is -2.21. The van der Waals surface area contributed by atoms with E-state index in [2.05, 4.69) is 48.2 Å². The standard InChI is InChI=1S/C15H22N2/c1-2-3-12-17(13-8-7-11-16)14-15-9-5-4-6-10-15/h4-6,9-10H,2-3,7-8,12-14H2,1H3. The molecule has 0 aliphatic carbocycles. The van der Waals surface area contributed by atoms with Crippen molar-refractivity contribution in [3.8, 4) is 6.07 Å². The molecule has 0 fully saturated rings. The van der Waals surface area contributed by atoms with Gasteiger partial charge >= 0.3 is 0 Å². The van der Waals surface area contributed by atoms with Crippen molar-refractivity contribution in [2.75, 3.05) is 13.1 Å². The van der Waals surface area contributed by atoms with Gasteiger partial charge < -0.3 is 0 Å². The van der Waals surface area contributed by atoms with Crippen molar-refractivity contribution in [3.63, 3.8) is 0 Å². The molecule has 92 valence electrons. The van der Waals surface area contributed by atoms with Gasteiger partial charge in [-0.3, -0.25) is 4.90 Å². The second kappa shape index (κ2) is 8.78. The van der Waals surface area contributed by atoms with Gasteiger partial charge in [0.2, 0.25) is 0 Å². The Bertz CT molecular complexity index is 327. The summed E-state index contributed by atoms with van der Waals surface area (Å²) in [6.45, 7) is 5.39. The van der Waals surface area contributed by atoms with E-state index in [-0.39, 0.29) is 0 Å². The number of benzene rings is 1. The topological polar surface area (TPSA) is 27.0 Å². The minimum atomic E-state index is 0.664. The monoisotopic (exact) mass is 230 g/mol. The van der Waals surface area contributed by atoms with Crippen molar-refractivity contribution >= 4 is 0 Å². The average Bonchev–Trinajstić information content (AvgIpc) is 2.37. The van der Waals surface area contributed by atoms with Crippen LogP contribution in [0.5, 0.6) is 0 Å². The maximum atomic E-state index is 8.58. The normalized spacial score (nSPS) is 10.4. The van der Waals surface area contributed by atoms with Gasteiger partial charge in [0.05, 0.1) is 6.07 Å². The summed E-state index contributed by atoms with van der Waals surface area (Å²) in [6.07, 6.45) is 4.10. The molecule has 1 rings (SSSR count). The van der Waals surface area contributed by atoms with E-state index in [9.17, 15) is 0 Å². The van der Waals surface area contributed by atoms with Crippen molar-refractivity contribution in [2.24, 2.45) is 0 Å². The fraction of sp³-hybridized carbons (Fsp3) is 0.533. The third kappa shape index (κ3) is 6.09. The van der Waals surface area contributed by atoms with Crippen LogP contribution >= 0.6 is 0 Å². The maximum Gasteiger partial charge on any atom is 0.0622 e. The molecule has 0 N–H and O–H groups in total. The fourth-order valence-corrected chi connectivity index (χ4v) is 1.87. The molecule has 0 spiro atoms. The SMILES string of the molecule is CCCCN(CCCC#N)Cc1ccccc1. The Morgan fingerprint density at radius 3 is 2.47 bits per heavy atom. The molecule has 1 aromatic carbocycles. The molecular formula is C15H22N2. The highest BCUT2D eigenvalue weighted by molar-refractivity contribution is 5.14. The molecule has 0 heterocycles. The molecule has 0 radical (unpaired) electrons. The lowest BCUT2D eigenvalue weighted by Crippen LogP contribution is -2.25. The zero-order chi connectivity index (χ0) is 12.3. The molecule has 2 nitrogen and oxygen atoms in total. The lowest BCUT2D eigenvalue weighted by molar-refractivity contribution is 0.259. The minimum absolute atomic E-state index is 0.664. The first-order chi connectivity index (χ1) is 8.36. The van der Waals surface area contributed by atoms with Crippen LogP contribution in [0.4, 0.5) is 0 Å². The second-order valence-electron chi connectivity index (χ2n) is 4.38. The Morgan fingerprint density at radius 1 is 1.12 bits per heavy atom. The number of hydrogen-bond donors (Lipinski definition) is 0. The number of hydrogen-bond acceptors (Lipinski definition) is 2. The quantitative estimate of drug-likeness (QED) is 0.638. The molecule has 1 aromatic rings. The van der Waals surface area contributed by atoms with Crippen LogP contribution in [0.3, 0.4) is 0 Å². The van der Waals surface area contributed by atoms with E-state index in [1.165, 1.54) is 18.4 Å². The summed E-state index contributed by atoms with van der Waals surface area (Å²) in [6, 6.07) is 12.8. The predicted molar refractivity (Wildman–Crippen MR) is 71.5 cm³/mol. The highest BCUT2D eigenvalue weighted by Gasteiger charge is 2.04. The molecular weight excluding hydrogens is 208 g/mol. The first kappa shape index (κ1) is 13.7. The minimum Gasteiger partial charge on any atom is -0.299 e. The van der Waals surface area contributed by atoms with Crippen LogP contribution in [0.25, 0.3) is 0 Å². The summed E-state index contributed by atoms with van der Waals surface area (Å²) in [5, 5.41) is 8.58. The van der Waals surface area contributed by atoms with Gasteiger partial charge in [0, 0.05) is 13.0 Å². The summed E-state index contributed by atoms with van der Waals surface area (Å²) in [4.78, 5) is 2.45. The van der Waals surface area contributed by atoms with Gasteiger partial charge in [-0.25, -0.2) is 0 Å². The van der Waals surface area contributed by atoms with Crippen LogP contribution in [0.1, 0.15) is 38.2 Å². The smallest absolute Gasteiger partial charge is 0.0622 e. The molecule has 0 saturated carbocycles. The number of unbranched alkanes of at least 4 members (excludes halogenated alkanes) is 2. The van der Waals surface area contributed by atoms with Gasteiger partial charge in [-0.2, -0.15) is 5.26 Å². The van der Waals surface area contributed by atoms with Crippen molar-refractivity contribution in [2.45, 2.75) is 39.2 Å². The summed E-state index contributed by atoms with van der Waals surface area (Å²) >= 11 is 0. The summed E-state index contributed by atoms with van der Waals surface area (Å²) in [5.41, 5.74) is 1.36. The van der Waals surface area contributed by atoms with Crippen LogP contribution in [0.15, 0.2) is 30.3 Å². The molecule has 0 aromatic heterocycles. The van der Waals surface area contributed by atoms with E-state index in [1.54, 1.807) is 0 Å². The fourth-order valence-electron chi connectivity index (χ4n) is 1.87. The first-order valence-corrected chi connectivity index (χ1v) is 6.50. The summed E-state index contributed by atoms with van der Waals surface area (Å²) in [5.74, 6) is 0. The first-order valence-electron chi connectivity index (χ1n) is 6.50. The largest absolute Gasteiger partial charge is 0.299 e. The zero-order valence-electron chi connectivity index (χ0n) is 10.7. The van der Waals surface area contributed by atoms with Crippen molar-refractivity contribution in [1.82, 2.24) is 4.90 Å². The summed E-state index contributed by atoms with van der Waals surface area (Å²) < 4.78 is 0. The second-order valence-corrected chi connectivity index (χ2v) is 4.38. The molecule has 0 bridgehead atoms. The molecule has 0 aliphatic heterocycles. The van der Waals surface area contributed by atoms with Crippen LogP contribution in [0.2, 0.25) is 0 Å². The van der Waals surface area contributed by atoms with Gasteiger partial charge in [-0.1, -0.05) is 43.7 Å². The Labute approximate surface area is 105 Å². The number of rotatable bonds is 8. The highest BCUT2D eigenvalue weighted by atomic mass is 15.1. The van der Waals surface area contributed by atoms with E-state index in [0.29, 0.717) is 6.42 Å². The van der Waals surface area contributed by atoms with Crippen LogP contribution in [-0.2, 0) is 6.54 Å². The van der Waals surface area contributed by atoms with Crippen molar-refractivity contribution < 1.29 is 0 Å². The molecule has 0 aliphatic rings. The summed E-state index contributed by atoms with van der Waals surface area (Å²) in [7, 11) is 0. The number of nitriles is 1. The average molecular weight is 230 g/mol. The Morgan fingerprint density at radius 2 is 1.82 bits per heavy atom. The third-order valence-electron chi connectivity index (χ3n) is 2.84. The van der Waals surface area contributed by atoms with E-state index in [4.69, 9.17) is 5.26 Å². The van der Waals surface area contributed by atoms with Gasteiger partial charge in [0.15, 0.2) is 0 Å². The van der Waals surface area contributed by atoms with Gasteiger partial charge in [-0.05, 0) is 31.5 Å². The highest BCUT2D eigenvalue weighted by Crippen LogP contribution is 2.07. The maximum absolute atomic E-state index is 8.58. The van der Waals surface area contributed by atoms with Crippen molar-refractivity contribution in [3.05, 3.63) is 35.9 Å². The van der Waals surface area contributed by atoms with Gasteiger partial charge in [-0.15, -0.1) is 0 Å². The molecule has 0 unspecified atom stereocenters.